The van der Waals surface area contributed by atoms with Crippen LogP contribution in [-0.4, -0.2) is 48.8 Å². The summed E-state index contributed by atoms with van der Waals surface area (Å²) in [5.41, 5.74) is 1.22. The van der Waals surface area contributed by atoms with Crippen molar-refractivity contribution >= 4 is 5.91 Å². The third kappa shape index (κ3) is 3.16. The molecular formula is C14H22N2O3. The van der Waals surface area contributed by atoms with E-state index < -0.39 is 0 Å². The van der Waals surface area contributed by atoms with E-state index in [-0.39, 0.29) is 18.6 Å². The van der Waals surface area contributed by atoms with Crippen LogP contribution < -0.4 is 0 Å². The summed E-state index contributed by atoms with van der Waals surface area (Å²) in [5.74, 6) is 0.0652. The second-order valence-corrected chi connectivity index (χ2v) is 4.68. The van der Waals surface area contributed by atoms with Gasteiger partial charge in [0.05, 0.1) is 19.3 Å². The van der Waals surface area contributed by atoms with E-state index in [4.69, 9.17) is 9.47 Å². The van der Waals surface area contributed by atoms with Gasteiger partial charge >= 0.3 is 0 Å². The summed E-state index contributed by atoms with van der Waals surface area (Å²) in [5, 5.41) is 0. The minimum atomic E-state index is 0.0652. The van der Waals surface area contributed by atoms with Crippen LogP contribution in [0.5, 0.6) is 0 Å². The Morgan fingerprint density at radius 1 is 1.42 bits per heavy atom. The molecule has 1 aromatic heterocycles. The quantitative estimate of drug-likeness (QED) is 0.732. The molecule has 0 radical (unpaired) electrons. The van der Waals surface area contributed by atoms with Gasteiger partial charge in [-0.25, -0.2) is 0 Å². The van der Waals surface area contributed by atoms with Gasteiger partial charge in [-0.1, -0.05) is 6.92 Å². The van der Waals surface area contributed by atoms with Crippen molar-refractivity contribution in [3.8, 4) is 0 Å². The highest BCUT2D eigenvalue weighted by molar-refractivity contribution is 5.78. The summed E-state index contributed by atoms with van der Waals surface area (Å²) in [6.07, 6.45) is 3.00. The molecule has 106 valence electrons. The van der Waals surface area contributed by atoms with Crippen LogP contribution in [0.1, 0.15) is 25.1 Å². The number of methoxy groups -OCH3 is 1. The smallest absolute Gasteiger partial charge is 0.249 e. The van der Waals surface area contributed by atoms with E-state index in [1.54, 1.807) is 7.11 Å². The number of fused-ring (bicyclic) bond motifs is 1. The Bertz CT molecular complexity index is 417. The molecule has 19 heavy (non-hydrogen) atoms. The highest BCUT2D eigenvalue weighted by Gasteiger charge is 2.29. The first-order chi connectivity index (χ1) is 9.27. The van der Waals surface area contributed by atoms with Gasteiger partial charge in [-0.05, 0) is 18.6 Å². The molecule has 0 N–H and O–H groups in total. The predicted molar refractivity (Wildman–Crippen MR) is 71.9 cm³/mol. The fourth-order valence-corrected chi connectivity index (χ4v) is 2.58. The van der Waals surface area contributed by atoms with Crippen LogP contribution in [0.4, 0.5) is 0 Å². The molecule has 1 aromatic rings. The zero-order chi connectivity index (χ0) is 13.7. The van der Waals surface area contributed by atoms with Gasteiger partial charge in [0.2, 0.25) is 5.91 Å². The lowest BCUT2D eigenvalue weighted by molar-refractivity contribution is -0.140. The number of hydrogen-bond acceptors (Lipinski definition) is 3. The van der Waals surface area contributed by atoms with Gasteiger partial charge < -0.3 is 18.9 Å². The number of nitrogens with zero attached hydrogens (tertiary/aromatic N) is 2. The normalized spacial score (nSPS) is 18.4. The monoisotopic (exact) mass is 266 g/mol. The van der Waals surface area contributed by atoms with E-state index in [2.05, 4.69) is 23.8 Å². The lowest BCUT2D eigenvalue weighted by atomic mass is 10.1. The Balaban J connectivity index is 1.95. The molecule has 5 heteroatoms. The highest BCUT2D eigenvalue weighted by atomic mass is 16.5. The molecule has 1 unspecified atom stereocenters. The summed E-state index contributed by atoms with van der Waals surface area (Å²) in [6.45, 7) is 4.85. The number of aromatic nitrogens is 1. The minimum Gasteiger partial charge on any atom is -0.382 e. The molecule has 0 saturated heterocycles. The summed E-state index contributed by atoms with van der Waals surface area (Å²) < 4.78 is 12.4. The molecule has 0 fully saturated rings. The zero-order valence-electron chi connectivity index (χ0n) is 11.7. The Morgan fingerprint density at radius 2 is 2.26 bits per heavy atom. The van der Waals surface area contributed by atoms with Crippen molar-refractivity contribution in [3.05, 3.63) is 24.0 Å². The molecule has 1 amide bonds. The van der Waals surface area contributed by atoms with Crippen molar-refractivity contribution in [2.45, 2.75) is 25.9 Å². The van der Waals surface area contributed by atoms with Gasteiger partial charge in [0.1, 0.15) is 6.61 Å². The van der Waals surface area contributed by atoms with Crippen LogP contribution in [0.25, 0.3) is 0 Å². The molecule has 1 atom stereocenters. The number of amides is 1. The first kappa shape index (κ1) is 14.1. The van der Waals surface area contributed by atoms with Crippen LogP contribution in [0.2, 0.25) is 0 Å². The topological polar surface area (TPSA) is 43.7 Å². The van der Waals surface area contributed by atoms with Crippen molar-refractivity contribution in [1.29, 1.82) is 0 Å². The molecule has 2 heterocycles. The summed E-state index contributed by atoms with van der Waals surface area (Å²) in [6, 6.07) is 4.31. The number of carbonyl (C=O) groups is 1. The van der Waals surface area contributed by atoms with Crippen LogP contribution in [0.15, 0.2) is 18.3 Å². The zero-order valence-corrected chi connectivity index (χ0v) is 11.7. The molecule has 0 aliphatic carbocycles. The number of carbonyl (C=O) groups excluding carboxylic acids is 1. The van der Waals surface area contributed by atoms with Gasteiger partial charge in [0.15, 0.2) is 0 Å². The Labute approximate surface area is 114 Å². The van der Waals surface area contributed by atoms with Crippen molar-refractivity contribution in [3.63, 3.8) is 0 Å². The van der Waals surface area contributed by atoms with Crippen LogP contribution in [0, 0.1) is 0 Å². The maximum absolute atomic E-state index is 12.2. The molecule has 5 nitrogen and oxygen atoms in total. The second-order valence-electron chi connectivity index (χ2n) is 4.68. The van der Waals surface area contributed by atoms with Crippen molar-refractivity contribution in [2.75, 3.05) is 33.5 Å². The molecule has 0 spiro atoms. The molecule has 0 bridgehead atoms. The van der Waals surface area contributed by atoms with Gasteiger partial charge in [-0.3, -0.25) is 4.79 Å². The first-order valence-electron chi connectivity index (χ1n) is 6.79. The van der Waals surface area contributed by atoms with E-state index >= 15 is 0 Å². The van der Waals surface area contributed by atoms with Gasteiger partial charge in [-0.15, -0.1) is 0 Å². The van der Waals surface area contributed by atoms with Crippen molar-refractivity contribution in [2.24, 2.45) is 0 Å². The minimum absolute atomic E-state index is 0.0652. The molecule has 0 saturated carbocycles. The lowest BCUT2D eigenvalue weighted by Gasteiger charge is -2.36. The molecule has 0 aromatic carbocycles. The van der Waals surface area contributed by atoms with Gasteiger partial charge in [0.25, 0.3) is 0 Å². The highest BCUT2D eigenvalue weighted by Crippen LogP contribution is 2.28. The van der Waals surface area contributed by atoms with Gasteiger partial charge in [-0.2, -0.15) is 0 Å². The van der Waals surface area contributed by atoms with E-state index in [0.717, 1.165) is 19.5 Å². The number of rotatable bonds is 6. The largest absolute Gasteiger partial charge is 0.382 e. The predicted octanol–water partition coefficient (Wildman–Crippen LogP) is 1.44. The average Bonchev–Trinajstić information content (AvgIpc) is 2.90. The summed E-state index contributed by atoms with van der Waals surface area (Å²) in [4.78, 5) is 14.1. The van der Waals surface area contributed by atoms with Crippen molar-refractivity contribution in [1.82, 2.24) is 9.47 Å². The number of ether oxygens (including phenoxy) is 2. The Hall–Kier alpha value is -1.33. The van der Waals surface area contributed by atoms with Crippen LogP contribution >= 0.6 is 0 Å². The average molecular weight is 266 g/mol. The molecule has 1 aliphatic heterocycles. The maximum Gasteiger partial charge on any atom is 0.249 e. The SMILES string of the molecule is CCC1c2cccn2CCN1C(=O)COCCOC. The third-order valence-corrected chi connectivity index (χ3v) is 3.53. The molecule has 2 rings (SSSR count). The molecule has 1 aliphatic rings. The second kappa shape index (κ2) is 6.73. The summed E-state index contributed by atoms with van der Waals surface area (Å²) >= 11 is 0. The Morgan fingerprint density at radius 3 is 3.00 bits per heavy atom. The third-order valence-electron chi connectivity index (χ3n) is 3.53. The first-order valence-corrected chi connectivity index (χ1v) is 6.79. The fourth-order valence-electron chi connectivity index (χ4n) is 2.58. The van der Waals surface area contributed by atoms with Gasteiger partial charge in [0, 0.05) is 32.1 Å². The van der Waals surface area contributed by atoms with E-state index in [0.29, 0.717) is 13.2 Å². The lowest BCUT2D eigenvalue weighted by Crippen LogP contribution is -2.43. The van der Waals surface area contributed by atoms with E-state index in [1.807, 2.05) is 11.0 Å². The van der Waals surface area contributed by atoms with E-state index in [9.17, 15) is 4.79 Å². The van der Waals surface area contributed by atoms with Crippen molar-refractivity contribution < 1.29 is 14.3 Å². The standard InChI is InChI=1S/C14H22N2O3/c1-3-12-13-5-4-6-15(13)7-8-16(12)14(17)11-19-10-9-18-2/h4-6,12H,3,7-11H2,1-2H3. The Kier molecular flexibility index (Phi) is 4.99. The summed E-state index contributed by atoms with van der Waals surface area (Å²) in [7, 11) is 1.62. The van der Waals surface area contributed by atoms with Crippen LogP contribution in [-0.2, 0) is 20.8 Å². The fraction of sp³-hybridized carbons (Fsp3) is 0.643. The molecular weight excluding hydrogens is 244 g/mol. The van der Waals surface area contributed by atoms with E-state index in [1.165, 1.54) is 5.69 Å². The van der Waals surface area contributed by atoms with Crippen LogP contribution in [0.3, 0.4) is 0 Å². The maximum atomic E-state index is 12.2. The number of hydrogen-bond donors (Lipinski definition) is 0.